The van der Waals surface area contributed by atoms with Crippen molar-refractivity contribution < 1.29 is 23.1 Å². The van der Waals surface area contributed by atoms with Crippen LogP contribution in [0.2, 0.25) is 36.3 Å². The number of benzene rings is 2. The summed E-state index contributed by atoms with van der Waals surface area (Å²) < 4.78 is 26.7. The molecule has 0 radical (unpaired) electrons. The Morgan fingerprint density at radius 1 is 0.667 bits per heavy atom. The van der Waals surface area contributed by atoms with Crippen LogP contribution in [0.4, 0.5) is 0 Å². The van der Waals surface area contributed by atoms with Crippen molar-refractivity contribution in [3.05, 3.63) is 117 Å². The SMILES string of the molecule is C=C1/C=C\C[C@]2(C=O)[C@@H](CC3=C[C@H]2C/C(C)=C\Cc2cc(OC)c(cc2O[Si](C)(C)C(C)(C)C)C/C(C)=C\CC3)Cc2cc(OC)c(cc2O[Si](C)(C)C(C)(C)C)C/C(C)=C\CC1. The molecule has 0 aliphatic heterocycles. The van der Waals surface area contributed by atoms with Crippen LogP contribution >= 0.6 is 0 Å². The first-order chi connectivity index (χ1) is 29.4. The Balaban J connectivity index is 1.69. The van der Waals surface area contributed by atoms with Gasteiger partial charge in [0.05, 0.1) is 14.2 Å². The van der Waals surface area contributed by atoms with Crippen molar-refractivity contribution in [3.63, 3.8) is 0 Å². The van der Waals surface area contributed by atoms with E-state index in [1.807, 2.05) is 0 Å². The van der Waals surface area contributed by atoms with E-state index in [-0.39, 0.29) is 21.9 Å². The molecule has 63 heavy (non-hydrogen) atoms. The fourth-order valence-corrected chi connectivity index (χ4v) is 11.2. The third kappa shape index (κ3) is 12.1. The quantitative estimate of drug-likeness (QED) is 0.157. The molecule has 5 nitrogen and oxygen atoms in total. The molecule has 3 atom stereocenters. The average molecular weight is 891 g/mol. The number of carbonyl (C=O) groups is 1. The van der Waals surface area contributed by atoms with Crippen LogP contribution in [-0.2, 0) is 30.5 Å². The van der Waals surface area contributed by atoms with Crippen molar-refractivity contribution in [3.8, 4) is 23.0 Å². The summed E-state index contributed by atoms with van der Waals surface area (Å²) >= 11 is 0. The highest BCUT2D eigenvalue weighted by atomic mass is 28.4. The standard InChI is InChI=1S/C56H82O5Si2/c1-39-20-17-21-40(2)28-46-37-53(61-63(15,16)55(8,9)10)47(35-51(46)59-12)33-49-32-43-24-18-22-41(3)29-45-36-52(60-62(13,14)54(5,6)7)44(34-50(45)58-11)26-25-42(4)30-48(31-43)56(49,38-57)27-19-23-39/h19,21-23,25,31,34-38,48-49H,1,17-18,20,24,26-30,32-33H2,2-16H3/b23-19-,40-21-,41-22-,42-25-/t48-,49+,56-/m1/s1. The van der Waals surface area contributed by atoms with Gasteiger partial charge in [0, 0.05) is 22.1 Å². The predicted octanol–water partition coefficient (Wildman–Crippen LogP) is 15.4. The van der Waals surface area contributed by atoms with Gasteiger partial charge in [0.2, 0.25) is 16.6 Å². The van der Waals surface area contributed by atoms with E-state index in [4.69, 9.17) is 18.3 Å². The van der Waals surface area contributed by atoms with Gasteiger partial charge < -0.3 is 23.1 Å². The summed E-state index contributed by atoms with van der Waals surface area (Å²) in [5.41, 5.74) is 10.4. The van der Waals surface area contributed by atoms with Gasteiger partial charge >= 0.3 is 0 Å². The molecule has 5 aliphatic carbocycles. The maximum atomic E-state index is 14.3. The van der Waals surface area contributed by atoms with E-state index in [1.54, 1.807) is 14.2 Å². The van der Waals surface area contributed by atoms with Crippen molar-refractivity contribution in [2.24, 2.45) is 17.3 Å². The van der Waals surface area contributed by atoms with Crippen LogP contribution in [0.1, 0.15) is 130 Å². The van der Waals surface area contributed by atoms with E-state index in [0.717, 1.165) is 109 Å². The van der Waals surface area contributed by atoms with Crippen molar-refractivity contribution in [2.45, 2.75) is 169 Å². The lowest BCUT2D eigenvalue weighted by Crippen LogP contribution is -2.45. The molecular formula is C56H82O5Si2. The van der Waals surface area contributed by atoms with Gasteiger partial charge in [-0.15, -0.1) is 0 Å². The van der Waals surface area contributed by atoms with Gasteiger partial charge in [-0.2, -0.15) is 0 Å². The molecule has 0 heterocycles. The Morgan fingerprint density at radius 3 is 1.70 bits per heavy atom. The van der Waals surface area contributed by atoms with Crippen molar-refractivity contribution in [2.75, 3.05) is 14.2 Å². The molecule has 0 fully saturated rings. The number of ether oxygens (including phenoxy) is 2. The molecule has 0 saturated heterocycles. The van der Waals surface area contributed by atoms with Crippen LogP contribution in [0.3, 0.4) is 0 Å². The highest BCUT2D eigenvalue weighted by Crippen LogP contribution is 2.52. The number of hydrogen-bond acceptors (Lipinski definition) is 5. The lowest BCUT2D eigenvalue weighted by Gasteiger charge is -2.46. The van der Waals surface area contributed by atoms with E-state index < -0.39 is 22.0 Å². The molecule has 0 saturated carbocycles. The van der Waals surface area contributed by atoms with E-state index in [2.05, 4.69) is 156 Å². The minimum absolute atomic E-state index is 0.00570. The Bertz CT molecular complexity index is 2150. The minimum atomic E-state index is -2.24. The maximum absolute atomic E-state index is 14.3. The van der Waals surface area contributed by atoms with Gasteiger partial charge in [0.15, 0.2) is 0 Å². The number of allylic oxidation sites excluding steroid dienone is 11. The first kappa shape index (κ1) is 50.2. The van der Waals surface area contributed by atoms with Crippen molar-refractivity contribution >= 4 is 22.9 Å². The molecule has 0 unspecified atom stereocenters. The second-order valence-corrected chi connectivity index (χ2v) is 31.7. The van der Waals surface area contributed by atoms with Gasteiger partial charge in [-0.1, -0.05) is 112 Å². The first-order valence-corrected chi connectivity index (χ1v) is 29.5. The number of methoxy groups -OCH3 is 2. The Morgan fingerprint density at radius 2 is 1.17 bits per heavy atom. The number of hydrogen-bond donors (Lipinski definition) is 0. The maximum Gasteiger partial charge on any atom is 0.250 e. The normalized spacial score (nSPS) is 25.3. The van der Waals surface area contributed by atoms with E-state index in [1.165, 1.54) is 28.6 Å². The molecule has 5 aliphatic rings. The minimum Gasteiger partial charge on any atom is -0.543 e. The molecule has 344 valence electrons. The van der Waals surface area contributed by atoms with Crippen LogP contribution in [0.15, 0.2) is 95.2 Å². The highest BCUT2D eigenvalue weighted by molar-refractivity contribution is 6.75. The van der Waals surface area contributed by atoms with Crippen LogP contribution in [0.25, 0.3) is 0 Å². The molecule has 2 aromatic rings. The molecule has 0 spiro atoms. The van der Waals surface area contributed by atoms with Crippen LogP contribution < -0.4 is 18.3 Å². The number of fused-ring (bicyclic) bond motifs is 15. The summed E-state index contributed by atoms with van der Waals surface area (Å²) in [5.74, 6) is 3.77. The fourth-order valence-electron chi connectivity index (χ4n) is 9.12. The summed E-state index contributed by atoms with van der Waals surface area (Å²) in [6.07, 6.45) is 24.4. The van der Waals surface area contributed by atoms with E-state index in [0.29, 0.717) is 12.8 Å². The number of rotatable bonds is 7. The fraction of sp³-hybridized carbons (Fsp3) is 0.554. The Kier molecular flexibility index (Phi) is 16.0. The number of carbonyl (C=O) groups excluding carboxylic acids is 1. The zero-order valence-corrected chi connectivity index (χ0v) is 44.0. The monoisotopic (exact) mass is 891 g/mol. The molecule has 0 amide bonds. The topological polar surface area (TPSA) is 54.0 Å². The summed E-state index contributed by atoms with van der Waals surface area (Å²) in [4.78, 5) is 14.3. The van der Waals surface area contributed by atoms with Gasteiger partial charge in [-0.25, -0.2) is 0 Å². The Hall–Kier alpha value is -3.82. The average Bonchev–Trinajstić information content (AvgIpc) is 3.17. The van der Waals surface area contributed by atoms with Crippen molar-refractivity contribution in [1.82, 2.24) is 0 Å². The summed E-state index contributed by atoms with van der Waals surface area (Å²) in [7, 11) is -0.827. The lowest BCUT2D eigenvalue weighted by molar-refractivity contribution is -0.122. The van der Waals surface area contributed by atoms with Gasteiger partial charge in [0.25, 0.3) is 0 Å². The zero-order chi connectivity index (χ0) is 46.5. The van der Waals surface area contributed by atoms with Crippen LogP contribution in [0, 0.1) is 17.3 Å². The largest absolute Gasteiger partial charge is 0.543 e. The van der Waals surface area contributed by atoms with E-state index in [9.17, 15) is 4.79 Å². The summed E-state index contributed by atoms with van der Waals surface area (Å²) in [6, 6.07) is 8.98. The molecule has 7 rings (SSSR count). The Labute approximate surface area is 385 Å². The van der Waals surface area contributed by atoms with Crippen LogP contribution in [-0.4, -0.2) is 37.1 Å². The molecular weight excluding hydrogens is 809 g/mol. The molecule has 6 bridgehead atoms. The van der Waals surface area contributed by atoms with Crippen LogP contribution in [0.5, 0.6) is 23.0 Å². The highest BCUT2D eigenvalue weighted by Gasteiger charge is 2.47. The third-order valence-electron chi connectivity index (χ3n) is 15.2. The summed E-state index contributed by atoms with van der Waals surface area (Å²) in [6.45, 7) is 34.3. The molecule has 0 aromatic heterocycles. The molecule has 2 aromatic carbocycles. The van der Waals surface area contributed by atoms with Crippen molar-refractivity contribution in [1.29, 1.82) is 0 Å². The van der Waals surface area contributed by atoms with Gasteiger partial charge in [-0.3, -0.25) is 0 Å². The zero-order valence-electron chi connectivity index (χ0n) is 42.0. The first-order valence-electron chi connectivity index (χ1n) is 23.7. The van der Waals surface area contributed by atoms with E-state index >= 15 is 0 Å². The lowest BCUT2D eigenvalue weighted by atomic mass is 9.57. The summed E-state index contributed by atoms with van der Waals surface area (Å²) in [5, 5.41) is 0.0726. The molecule has 0 N–H and O–H groups in total. The number of aldehydes is 1. The second kappa shape index (κ2) is 20.1. The third-order valence-corrected chi connectivity index (χ3v) is 23.9. The van der Waals surface area contributed by atoms with Gasteiger partial charge in [0.1, 0.15) is 29.3 Å². The second-order valence-electron chi connectivity index (χ2n) is 22.3. The predicted molar refractivity (Wildman–Crippen MR) is 272 cm³/mol. The van der Waals surface area contributed by atoms with Gasteiger partial charge in [-0.05, 0) is 169 Å². The smallest absolute Gasteiger partial charge is 0.250 e. The molecule has 7 heteroatoms.